The van der Waals surface area contributed by atoms with Crippen LogP contribution in [0.3, 0.4) is 0 Å². The molecule has 0 aromatic carbocycles. The largest absolute Gasteiger partial charge is 0.475 e. The van der Waals surface area contributed by atoms with Crippen molar-refractivity contribution >= 4 is 0 Å². The molecule has 2 N–H and O–H groups in total. The molecule has 100 valence electrons. The Labute approximate surface area is 106 Å². The molecule has 0 aliphatic carbocycles. The normalized spacial score (nSPS) is 23.9. The number of nitrogens with one attached hydrogen (secondary N) is 2. The summed E-state index contributed by atoms with van der Waals surface area (Å²) in [5.74, 6) is 0.992. The molecule has 0 bridgehead atoms. The maximum absolute atomic E-state index is 11.4. The number of aromatic amines is 1. The lowest BCUT2D eigenvalue weighted by Crippen LogP contribution is -2.45. The molecular weight excluding hydrogens is 234 g/mol. The summed E-state index contributed by atoms with van der Waals surface area (Å²) in [5.41, 5.74) is -0.187. The van der Waals surface area contributed by atoms with Crippen molar-refractivity contribution in [3.05, 3.63) is 22.2 Å². The molecule has 1 aliphatic rings. The molecule has 6 nitrogen and oxygen atoms in total. The van der Waals surface area contributed by atoms with Gasteiger partial charge in [-0.2, -0.15) is 0 Å². The van der Waals surface area contributed by atoms with Crippen molar-refractivity contribution in [1.29, 1.82) is 0 Å². The van der Waals surface area contributed by atoms with Crippen LogP contribution in [-0.2, 0) is 11.2 Å². The number of morpholine rings is 1. The van der Waals surface area contributed by atoms with Crippen molar-refractivity contribution in [2.75, 3.05) is 19.7 Å². The lowest BCUT2D eigenvalue weighted by Gasteiger charge is -2.28. The third-order valence-corrected chi connectivity index (χ3v) is 2.75. The van der Waals surface area contributed by atoms with Gasteiger partial charge in [-0.05, 0) is 6.92 Å². The van der Waals surface area contributed by atoms with Crippen LogP contribution in [0.25, 0.3) is 0 Å². The molecule has 1 aliphatic heterocycles. The topological polar surface area (TPSA) is 76.2 Å². The highest BCUT2D eigenvalue weighted by molar-refractivity contribution is 5.08. The van der Waals surface area contributed by atoms with Crippen LogP contribution in [0.5, 0.6) is 5.88 Å². The quantitative estimate of drug-likeness (QED) is 0.795. The first-order valence-electron chi connectivity index (χ1n) is 6.26. The minimum Gasteiger partial charge on any atom is -0.475 e. The van der Waals surface area contributed by atoms with Gasteiger partial charge in [-0.15, -0.1) is 0 Å². The van der Waals surface area contributed by atoms with Crippen molar-refractivity contribution in [2.24, 2.45) is 0 Å². The Morgan fingerprint density at radius 1 is 1.56 bits per heavy atom. The van der Waals surface area contributed by atoms with Crippen molar-refractivity contribution < 1.29 is 9.47 Å². The fourth-order valence-electron chi connectivity index (χ4n) is 1.87. The molecule has 0 saturated carbocycles. The smallest absolute Gasteiger partial charge is 0.254 e. The van der Waals surface area contributed by atoms with E-state index in [1.54, 1.807) is 0 Å². The summed E-state index contributed by atoms with van der Waals surface area (Å²) in [5, 5.41) is 3.26. The zero-order valence-corrected chi connectivity index (χ0v) is 10.7. The van der Waals surface area contributed by atoms with E-state index in [4.69, 9.17) is 9.47 Å². The predicted molar refractivity (Wildman–Crippen MR) is 66.9 cm³/mol. The van der Waals surface area contributed by atoms with E-state index in [1.165, 1.54) is 6.07 Å². The van der Waals surface area contributed by atoms with Gasteiger partial charge in [0.1, 0.15) is 18.5 Å². The van der Waals surface area contributed by atoms with Crippen LogP contribution in [0, 0.1) is 0 Å². The fourth-order valence-corrected chi connectivity index (χ4v) is 1.87. The van der Waals surface area contributed by atoms with Gasteiger partial charge >= 0.3 is 0 Å². The number of aromatic nitrogens is 2. The minimum atomic E-state index is -0.187. The number of H-pyrrole nitrogens is 1. The average Bonchev–Trinajstić information content (AvgIpc) is 2.36. The van der Waals surface area contributed by atoms with Crippen LogP contribution >= 0.6 is 0 Å². The van der Waals surface area contributed by atoms with Crippen molar-refractivity contribution in [3.63, 3.8) is 0 Å². The molecule has 1 aromatic rings. The van der Waals surface area contributed by atoms with Crippen LogP contribution < -0.4 is 15.6 Å². The molecule has 6 heteroatoms. The molecule has 1 fully saturated rings. The van der Waals surface area contributed by atoms with E-state index in [0.29, 0.717) is 24.7 Å². The molecule has 0 amide bonds. The van der Waals surface area contributed by atoms with Crippen molar-refractivity contribution in [1.82, 2.24) is 15.3 Å². The average molecular weight is 253 g/mol. The van der Waals surface area contributed by atoms with Gasteiger partial charge in [0.25, 0.3) is 5.56 Å². The van der Waals surface area contributed by atoms with E-state index >= 15 is 0 Å². The summed E-state index contributed by atoms with van der Waals surface area (Å²) in [7, 11) is 0. The van der Waals surface area contributed by atoms with Crippen molar-refractivity contribution in [3.8, 4) is 5.88 Å². The number of hydrogen-bond acceptors (Lipinski definition) is 5. The fraction of sp³-hybridized carbons (Fsp3) is 0.667. The Morgan fingerprint density at radius 3 is 3.11 bits per heavy atom. The van der Waals surface area contributed by atoms with E-state index in [1.807, 2.05) is 13.8 Å². The maximum atomic E-state index is 11.4. The first-order chi connectivity index (χ1) is 8.67. The maximum Gasteiger partial charge on any atom is 0.254 e. The van der Waals surface area contributed by atoms with Crippen LogP contribution in [0.15, 0.2) is 10.9 Å². The lowest BCUT2D eigenvalue weighted by molar-refractivity contribution is -0.0477. The Hall–Kier alpha value is -1.40. The lowest BCUT2D eigenvalue weighted by atomic mass is 10.2. The van der Waals surface area contributed by atoms with Gasteiger partial charge in [0.05, 0.1) is 12.2 Å². The highest BCUT2D eigenvalue weighted by atomic mass is 16.5. The van der Waals surface area contributed by atoms with E-state index in [9.17, 15) is 4.79 Å². The molecule has 2 heterocycles. The van der Waals surface area contributed by atoms with E-state index in [2.05, 4.69) is 15.3 Å². The Balaban J connectivity index is 1.93. The minimum absolute atomic E-state index is 0.0000794. The molecular formula is C12H19N3O3. The Morgan fingerprint density at radius 2 is 2.39 bits per heavy atom. The number of hydrogen-bond donors (Lipinski definition) is 2. The van der Waals surface area contributed by atoms with Gasteiger partial charge in [-0.3, -0.25) is 4.79 Å². The van der Waals surface area contributed by atoms with Gasteiger partial charge in [0.15, 0.2) is 0 Å². The second kappa shape index (κ2) is 5.97. The standard InChI is InChI=1S/C12H19N3O3/c1-3-10-14-11(16)4-12(15-10)17-7-9-6-13-5-8(2)18-9/h4,8-9,13H,3,5-7H2,1-2H3,(H,14,15,16). The predicted octanol–water partition coefficient (Wildman–Crippen LogP) is 0.0880. The van der Waals surface area contributed by atoms with Gasteiger partial charge < -0.3 is 19.8 Å². The molecule has 1 aromatic heterocycles. The monoisotopic (exact) mass is 253 g/mol. The molecule has 0 spiro atoms. The van der Waals surface area contributed by atoms with Crippen LogP contribution in [0.4, 0.5) is 0 Å². The number of rotatable bonds is 4. The summed E-state index contributed by atoms with van der Waals surface area (Å²) in [4.78, 5) is 18.2. The zero-order valence-electron chi connectivity index (χ0n) is 10.7. The number of ether oxygens (including phenoxy) is 2. The summed E-state index contributed by atoms with van der Waals surface area (Å²) in [6.45, 7) is 5.96. The summed E-state index contributed by atoms with van der Waals surface area (Å²) >= 11 is 0. The first-order valence-corrected chi connectivity index (χ1v) is 6.26. The van der Waals surface area contributed by atoms with Crippen LogP contribution in [-0.4, -0.2) is 41.9 Å². The molecule has 2 unspecified atom stereocenters. The van der Waals surface area contributed by atoms with Gasteiger partial charge in [-0.1, -0.05) is 6.92 Å². The Bertz CT molecular complexity index is 446. The highest BCUT2D eigenvalue weighted by Gasteiger charge is 2.19. The van der Waals surface area contributed by atoms with E-state index < -0.39 is 0 Å². The van der Waals surface area contributed by atoms with Crippen LogP contribution in [0.1, 0.15) is 19.7 Å². The van der Waals surface area contributed by atoms with Crippen molar-refractivity contribution in [2.45, 2.75) is 32.5 Å². The molecule has 18 heavy (non-hydrogen) atoms. The molecule has 2 rings (SSSR count). The number of nitrogens with zero attached hydrogens (tertiary/aromatic N) is 1. The van der Waals surface area contributed by atoms with E-state index in [-0.39, 0.29) is 17.8 Å². The van der Waals surface area contributed by atoms with Gasteiger partial charge in [0, 0.05) is 19.5 Å². The summed E-state index contributed by atoms with van der Waals surface area (Å²) < 4.78 is 11.2. The molecule has 1 saturated heterocycles. The zero-order chi connectivity index (χ0) is 13.0. The third-order valence-electron chi connectivity index (χ3n) is 2.75. The van der Waals surface area contributed by atoms with E-state index in [0.717, 1.165) is 13.1 Å². The third kappa shape index (κ3) is 3.54. The molecule has 2 atom stereocenters. The number of aryl methyl sites for hydroxylation is 1. The second-order valence-electron chi connectivity index (χ2n) is 4.42. The molecule has 0 radical (unpaired) electrons. The van der Waals surface area contributed by atoms with Gasteiger partial charge in [0.2, 0.25) is 5.88 Å². The second-order valence-corrected chi connectivity index (χ2v) is 4.42. The Kier molecular flexibility index (Phi) is 4.33. The van der Waals surface area contributed by atoms with Gasteiger partial charge in [-0.25, -0.2) is 4.98 Å². The van der Waals surface area contributed by atoms with Crippen LogP contribution in [0.2, 0.25) is 0 Å². The SMILES string of the molecule is CCc1nc(OCC2CNCC(C)O2)cc(=O)[nH]1. The highest BCUT2D eigenvalue weighted by Crippen LogP contribution is 2.07. The summed E-state index contributed by atoms with van der Waals surface area (Å²) in [6, 6.07) is 1.36. The first kappa shape index (κ1) is 13.0. The summed E-state index contributed by atoms with van der Waals surface area (Å²) in [6.07, 6.45) is 0.857.